The second kappa shape index (κ2) is 8.55. The van der Waals surface area contributed by atoms with Gasteiger partial charge in [0, 0.05) is 23.0 Å². The van der Waals surface area contributed by atoms with Crippen LogP contribution in [0, 0.1) is 0 Å². The third-order valence-corrected chi connectivity index (χ3v) is 5.48. The van der Waals surface area contributed by atoms with Crippen molar-refractivity contribution in [3.63, 3.8) is 0 Å². The molecule has 5 aromatic rings. The predicted molar refractivity (Wildman–Crippen MR) is 131 cm³/mol. The molecule has 0 spiro atoms. The number of aromatic nitrogens is 3. The molecule has 0 aliphatic heterocycles. The lowest BCUT2D eigenvalue weighted by atomic mass is 10.2. The number of fused-ring (bicyclic) bond motifs is 2. The highest BCUT2D eigenvalue weighted by Gasteiger charge is 2.16. The van der Waals surface area contributed by atoms with Crippen molar-refractivity contribution in [1.29, 1.82) is 0 Å². The van der Waals surface area contributed by atoms with Crippen LogP contribution in [0.3, 0.4) is 0 Å². The summed E-state index contributed by atoms with van der Waals surface area (Å²) in [6.45, 7) is 2.68. The lowest BCUT2D eigenvalue weighted by molar-refractivity contribution is 0.419. The first kappa shape index (κ1) is 19.8. The molecule has 0 atom stereocenters. The summed E-state index contributed by atoms with van der Waals surface area (Å²) >= 11 is 0. The molecular formula is C27H24N4O. The molecule has 32 heavy (non-hydrogen) atoms. The molecule has 2 heterocycles. The summed E-state index contributed by atoms with van der Waals surface area (Å²) < 4.78 is 7.73. The zero-order chi connectivity index (χ0) is 21.9. The maximum absolute atomic E-state index is 5.64. The highest BCUT2D eigenvalue weighted by atomic mass is 16.5. The Morgan fingerprint density at radius 2 is 1.75 bits per heavy atom. The molecule has 0 bridgehead atoms. The van der Waals surface area contributed by atoms with E-state index in [1.807, 2.05) is 61.5 Å². The van der Waals surface area contributed by atoms with Crippen LogP contribution in [0.2, 0.25) is 0 Å². The normalized spacial score (nSPS) is 11.4. The highest BCUT2D eigenvalue weighted by Crippen LogP contribution is 2.31. The van der Waals surface area contributed by atoms with Crippen LogP contribution in [0.5, 0.6) is 5.75 Å². The van der Waals surface area contributed by atoms with Crippen molar-refractivity contribution in [2.45, 2.75) is 13.5 Å². The number of hydrogen-bond donors (Lipinski definition) is 1. The van der Waals surface area contributed by atoms with Crippen molar-refractivity contribution in [3.8, 4) is 11.7 Å². The minimum Gasteiger partial charge on any atom is -0.494 e. The van der Waals surface area contributed by atoms with Crippen LogP contribution in [0.4, 0.5) is 5.82 Å². The molecule has 0 fully saturated rings. The second-order valence-corrected chi connectivity index (χ2v) is 7.53. The zero-order valence-corrected chi connectivity index (χ0v) is 18.1. The molecule has 158 valence electrons. The number of anilines is 1. The van der Waals surface area contributed by atoms with E-state index in [9.17, 15) is 0 Å². The van der Waals surface area contributed by atoms with Crippen LogP contribution in [-0.2, 0) is 6.54 Å². The zero-order valence-electron chi connectivity index (χ0n) is 18.1. The first-order valence-corrected chi connectivity index (χ1v) is 10.6. The van der Waals surface area contributed by atoms with E-state index in [0.717, 1.165) is 39.1 Å². The molecule has 0 aliphatic rings. The summed E-state index contributed by atoms with van der Waals surface area (Å²) in [4.78, 5) is 9.93. The van der Waals surface area contributed by atoms with Crippen LogP contribution in [-0.4, -0.2) is 21.6 Å². The summed E-state index contributed by atoms with van der Waals surface area (Å²) in [5.41, 5.74) is 4.05. The van der Waals surface area contributed by atoms with Crippen molar-refractivity contribution in [2.24, 2.45) is 0 Å². The Hall–Kier alpha value is -4.12. The second-order valence-electron chi connectivity index (χ2n) is 7.53. The standard InChI is InChI=1S/C27H24N4O/c1-3-10-21-17-20-13-7-8-15-23(20)31(21)27-29-25-22(14-9-16-24(25)32-2)26(30-27)28-18-19-11-5-4-6-12-19/h3-17H,18H2,1-2H3,(H,28,29,30)/b10-3-. The van der Waals surface area contributed by atoms with Gasteiger partial charge in [-0.1, -0.05) is 60.7 Å². The Labute approximate surface area is 187 Å². The van der Waals surface area contributed by atoms with Crippen LogP contribution < -0.4 is 10.1 Å². The molecule has 0 unspecified atom stereocenters. The van der Waals surface area contributed by atoms with E-state index in [1.54, 1.807) is 7.11 Å². The lowest BCUT2D eigenvalue weighted by Crippen LogP contribution is -2.09. The fourth-order valence-electron chi connectivity index (χ4n) is 3.99. The van der Waals surface area contributed by atoms with Gasteiger partial charge in [-0.25, -0.2) is 4.98 Å². The fourth-order valence-corrected chi connectivity index (χ4v) is 3.99. The van der Waals surface area contributed by atoms with Crippen molar-refractivity contribution in [2.75, 3.05) is 12.4 Å². The maximum Gasteiger partial charge on any atom is 0.237 e. The van der Waals surface area contributed by atoms with Gasteiger partial charge in [0.15, 0.2) is 0 Å². The molecular weight excluding hydrogens is 396 g/mol. The number of ether oxygens (including phenoxy) is 1. The number of allylic oxidation sites excluding steroid dienone is 1. The first-order chi connectivity index (χ1) is 15.8. The lowest BCUT2D eigenvalue weighted by Gasteiger charge is -2.14. The van der Waals surface area contributed by atoms with Crippen LogP contribution in [0.25, 0.3) is 33.8 Å². The third-order valence-electron chi connectivity index (χ3n) is 5.48. The van der Waals surface area contributed by atoms with Gasteiger partial charge in [0.05, 0.1) is 12.6 Å². The molecule has 2 aromatic heterocycles. The summed E-state index contributed by atoms with van der Waals surface area (Å²) in [5, 5.41) is 5.59. The van der Waals surface area contributed by atoms with Crippen molar-refractivity contribution >= 4 is 33.7 Å². The van der Waals surface area contributed by atoms with Gasteiger partial charge >= 0.3 is 0 Å². The minimum absolute atomic E-state index is 0.604. The van der Waals surface area contributed by atoms with Gasteiger partial charge in [-0.05, 0) is 42.8 Å². The Bertz CT molecular complexity index is 1420. The number of benzene rings is 3. The summed E-state index contributed by atoms with van der Waals surface area (Å²) in [6, 6.07) is 26.7. The molecule has 0 aliphatic carbocycles. The van der Waals surface area contributed by atoms with Gasteiger partial charge in [0.2, 0.25) is 5.95 Å². The highest BCUT2D eigenvalue weighted by molar-refractivity contribution is 5.94. The molecule has 5 nitrogen and oxygen atoms in total. The number of nitrogens with one attached hydrogen (secondary N) is 1. The summed E-state index contributed by atoms with van der Waals surface area (Å²) in [5.74, 6) is 2.10. The molecule has 0 saturated heterocycles. The first-order valence-electron chi connectivity index (χ1n) is 10.6. The topological polar surface area (TPSA) is 52.0 Å². The average Bonchev–Trinajstić information content (AvgIpc) is 3.21. The van der Waals surface area contributed by atoms with E-state index in [1.165, 1.54) is 5.56 Å². The number of para-hydroxylation sites is 2. The van der Waals surface area contributed by atoms with Gasteiger partial charge in [0.25, 0.3) is 0 Å². The van der Waals surface area contributed by atoms with Crippen molar-refractivity contribution < 1.29 is 4.74 Å². The molecule has 1 N–H and O–H groups in total. The fraction of sp³-hybridized carbons (Fsp3) is 0.111. The third kappa shape index (κ3) is 3.58. The van der Waals surface area contributed by atoms with Gasteiger partial charge in [0.1, 0.15) is 17.1 Å². The van der Waals surface area contributed by atoms with E-state index in [2.05, 4.69) is 46.3 Å². The average molecular weight is 421 g/mol. The Balaban J connectivity index is 1.72. The predicted octanol–water partition coefficient (Wildman–Crippen LogP) is 6.23. The quantitative estimate of drug-likeness (QED) is 0.354. The molecule has 0 saturated carbocycles. The van der Waals surface area contributed by atoms with E-state index in [-0.39, 0.29) is 0 Å². The summed E-state index contributed by atoms with van der Waals surface area (Å²) in [6.07, 6.45) is 4.10. The Morgan fingerprint density at radius 1 is 0.938 bits per heavy atom. The van der Waals surface area contributed by atoms with Crippen LogP contribution >= 0.6 is 0 Å². The Kier molecular flexibility index (Phi) is 5.30. The van der Waals surface area contributed by atoms with E-state index in [0.29, 0.717) is 12.5 Å². The van der Waals surface area contributed by atoms with Crippen LogP contribution in [0.1, 0.15) is 18.2 Å². The van der Waals surface area contributed by atoms with Gasteiger partial charge in [-0.2, -0.15) is 4.98 Å². The van der Waals surface area contributed by atoms with E-state index >= 15 is 0 Å². The number of nitrogens with zero attached hydrogens (tertiary/aromatic N) is 3. The monoisotopic (exact) mass is 420 g/mol. The van der Waals surface area contributed by atoms with Gasteiger partial charge in [-0.3, -0.25) is 4.57 Å². The molecule has 3 aromatic carbocycles. The van der Waals surface area contributed by atoms with E-state index < -0.39 is 0 Å². The molecule has 0 radical (unpaired) electrons. The van der Waals surface area contributed by atoms with Crippen molar-refractivity contribution in [1.82, 2.24) is 14.5 Å². The van der Waals surface area contributed by atoms with Crippen LogP contribution in [0.15, 0.2) is 84.9 Å². The SMILES string of the molecule is C/C=C\c1cc2ccccc2n1-c1nc(NCc2ccccc2)c2cccc(OC)c2n1. The summed E-state index contributed by atoms with van der Waals surface area (Å²) in [7, 11) is 1.67. The number of methoxy groups -OCH3 is 1. The smallest absolute Gasteiger partial charge is 0.237 e. The molecule has 0 amide bonds. The Morgan fingerprint density at radius 3 is 2.56 bits per heavy atom. The number of rotatable bonds is 6. The maximum atomic E-state index is 5.64. The number of hydrogen-bond acceptors (Lipinski definition) is 4. The largest absolute Gasteiger partial charge is 0.494 e. The van der Waals surface area contributed by atoms with Gasteiger partial charge < -0.3 is 10.1 Å². The van der Waals surface area contributed by atoms with E-state index in [4.69, 9.17) is 14.7 Å². The molecule has 5 heteroatoms. The van der Waals surface area contributed by atoms with Gasteiger partial charge in [-0.15, -0.1) is 0 Å². The minimum atomic E-state index is 0.604. The molecule has 5 rings (SSSR count). The van der Waals surface area contributed by atoms with Crippen molar-refractivity contribution in [3.05, 3.63) is 96.2 Å².